The third-order valence-corrected chi connectivity index (χ3v) is 13.1. The van der Waals surface area contributed by atoms with E-state index in [4.69, 9.17) is 10.5 Å². The number of rotatable bonds is 45. The number of carbonyl (C=O) groups excluding carboxylic acids is 1. The van der Waals surface area contributed by atoms with Crippen molar-refractivity contribution < 1.29 is 35.1 Å². The van der Waals surface area contributed by atoms with E-state index in [9.17, 15) is 30.3 Å². The molecular formula is C54H107NO7. The van der Waals surface area contributed by atoms with Crippen LogP contribution in [-0.4, -0.2) is 74.7 Å². The molecule has 0 aromatic rings. The number of ether oxygens (including phenoxy) is 1. The zero-order chi connectivity index (χ0) is 45.6. The fourth-order valence-electron chi connectivity index (χ4n) is 8.79. The molecule has 0 aromatic heterocycles. The van der Waals surface area contributed by atoms with Crippen molar-refractivity contribution >= 4 is 5.91 Å². The zero-order valence-electron chi connectivity index (χ0n) is 41.2. The number of aliphatic hydroxyl groups is 5. The summed E-state index contributed by atoms with van der Waals surface area (Å²) in [6.45, 7) is 4.19. The van der Waals surface area contributed by atoms with Crippen LogP contribution in [0.15, 0.2) is 12.2 Å². The van der Waals surface area contributed by atoms with Gasteiger partial charge in [-0.2, -0.15) is 0 Å². The predicted octanol–water partition coefficient (Wildman–Crippen LogP) is 13.6. The summed E-state index contributed by atoms with van der Waals surface area (Å²) in [6.07, 6.45) is 52.3. The maximum absolute atomic E-state index is 10.7. The number of unbranched alkanes of at least 4 members (excludes halogenated alkanes) is 36. The Morgan fingerprint density at radius 2 is 0.855 bits per heavy atom. The summed E-state index contributed by atoms with van der Waals surface area (Å²) in [7, 11) is 0. The summed E-state index contributed by atoms with van der Waals surface area (Å²) in [5.41, 5.74) is 5.15. The number of amides is 1. The number of primary amides is 1. The summed E-state index contributed by atoms with van der Waals surface area (Å²) in [5, 5.41) is 49.0. The molecule has 1 aliphatic heterocycles. The normalized spacial score (nSPS) is 18.8. The zero-order valence-corrected chi connectivity index (χ0v) is 41.2. The lowest BCUT2D eigenvalue weighted by atomic mass is 9.97. The van der Waals surface area contributed by atoms with Crippen LogP contribution >= 0.6 is 0 Å². The summed E-state index contributed by atoms with van der Waals surface area (Å²) in [4.78, 5) is 10.7. The molecule has 6 unspecified atom stereocenters. The van der Waals surface area contributed by atoms with E-state index in [0.717, 1.165) is 19.3 Å². The van der Waals surface area contributed by atoms with Crippen LogP contribution in [0.2, 0.25) is 0 Å². The molecule has 0 radical (unpaired) electrons. The van der Waals surface area contributed by atoms with Gasteiger partial charge in [-0.15, -0.1) is 0 Å². The fraction of sp³-hybridized carbons (Fsp3) is 0.944. The van der Waals surface area contributed by atoms with Crippen molar-refractivity contribution in [1.29, 1.82) is 0 Å². The Balaban J connectivity index is 0.00000120. The second kappa shape index (κ2) is 47.9. The first-order valence-electron chi connectivity index (χ1n) is 27.2. The van der Waals surface area contributed by atoms with E-state index in [2.05, 4.69) is 13.8 Å². The van der Waals surface area contributed by atoms with Gasteiger partial charge in [-0.05, 0) is 19.3 Å². The first-order valence-corrected chi connectivity index (χ1v) is 27.2. The second-order valence-electron chi connectivity index (χ2n) is 19.2. The molecule has 1 fully saturated rings. The minimum atomic E-state index is -1.09. The van der Waals surface area contributed by atoms with Crippen LogP contribution in [0.4, 0.5) is 0 Å². The Kier molecular flexibility index (Phi) is 47.1. The van der Waals surface area contributed by atoms with Crippen LogP contribution < -0.4 is 5.73 Å². The van der Waals surface area contributed by atoms with Crippen LogP contribution in [0.25, 0.3) is 0 Å². The Morgan fingerprint density at radius 3 is 1.18 bits per heavy atom. The molecule has 7 N–H and O–H groups in total. The van der Waals surface area contributed by atoms with Crippen LogP contribution in [0.3, 0.4) is 0 Å². The average Bonchev–Trinajstić information content (AvgIpc) is 3.26. The van der Waals surface area contributed by atoms with Gasteiger partial charge in [0, 0.05) is 12.8 Å². The molecule has 62 heavy (non-hydrogen) atoms. The maximum atomic E-state index is 10.7. The smallest absolute Gasteiger partial charge is 0.217 e. The Hall–Kier alpha value is -1.03. The lowest BCUT2D eigenvalue weighted by molar-refractivity contribution is -0.167. The first kappa shape index (κ1) is 61.0. The molecule has 6 atom stereocenters. The highest BCUT2D eigenvalue weighted by atomic mass is 16.5. The monoisotopic (exact) mass is 882 g/mol. The fourth-order valence-corrected chi connectivity index (χ4v) is 8.79. The highest BCUT2D eigenvalue weighted by molar-refractivity contribution is 5.73. The van der Waals surface area contributed by atoms with E-state index < -0.39 is 36.6 Å². The van der Waals surface area contributed by atoms with Crippen molar-refractivity contribution in [2.24, 2.45) is 5.73 Å². The number of aliphatic hydroxyl groups excluding tert-OH is 5. The molecule has 1 aliphatic rings. The van der Waals surface area contributed by atoms with Gasteiger partial charge in [-0.3, -0.25) is 4.79 Å². The molecule has 1 saturated heterocycles. The maximum Gasteiger partial charge on any atom is 0.217 e. The van der Waals surface area contributed by atoms with Gasteiger partial charge < -0.3 is 36.0 Å². The number of hydrogen-bond donors (Lipinski definition) is 6. The Morgan fingerprint density at radius 1 is 0.532 bits per heavy atom. The highest BCUT2D eigenvalue weighted by Gasteiger charge is 2.35. The van der Waals surface area contributed by atoms with Gasteiger partial charge in [0.05, 0.1) is 31.0 Å². The van der Waals surface area contributed by atoms with Crippen molar-refractivity contribution in [2.75, 3.05) is 6.61 Å². The van der Waals surface area contributed by atoms with Gasteiger partial charge in [0.15, 0.2) is 0 Å². The molecule has 1 rings (SSSR count). The van der Waals surface area contributed by atoms with E-state index in [0.29, 0.717) is 19.3 Å². The van der Waals surface area contributed by atoms with Gasteiger partial charge in [-0.25, -0.2) is 0 Å². The molecule has 0 aromatic carbocycles. The van der Waals surface area contributed by atoms with E-state index in [1.807, 2.05) is 0 Å². The third kappa shape index (κ3) is 41.7. The van der Waals surface area contributed by atoms with Crippen molar-refractivity contribution in [2.45, 2.75) is 320 Å². The van der Waals surface area contributed by atoms with Gasteiger partial charge in [-0.1, -0.05) is 264 Å². The van der Waals surface area contributed by atoms with E-state index in [1.165, 1.54) is 225 Å². The highest BCUT2D eigenvalue weighted by Crippen LogP contribution is 2.22. The van der Waals surface area contributed by atoms with Gasteiger partial charge in [0.2, 0.25) is 5.91 Å². The Bertz CT molecular complexity index is 934. The summed E-state index contributed by atoms with van der Waals surface area (Å²) < 4.78 is 5.52. The molecule has 0 aliphatic carbocycles. The van der Waals surface area contributed by atoms with Gasteiger partial charge >= 0.3 is 0 Å². The van der Waals surface area contributed by atoms with Gasteiger partial charge in [0.1, 0.15) is 12.2 Å². The van der Waals surface area contributed by atoms with Crippen LogP contribution in [0, 0.1) is 0 Å². The molecule has 8 heteroatoms. The standard InChI is InChI=1S/C29H59NO.C25H48O6/c1-2-3-4-5-6-7-8-9-10-11-12-13-14-15-16-17-18-19-20-21-22-23-24-25-26-27-28-29(30)31;1-2-3-4-5-6-7-8-9-10-11-12-13-16-21(27)22(28)17-14-15-20-18-23(29)25(30)24(19-26)31-20/h2-28H2,1H3,(H2,30,31);14-15,20-30H,2-13,16-19H2,1H3/b;15-14+. The Labute approximate surface area is 384 Å². The molecule has 0 spiro atoms. The van der Waals surface area contributed by atoms with Crippen molar-refractivity contribution in [1.82, 2.24) is 0 Å². The SMILES string of the molecule is CCCCCCCCCCCCCCC(O)C(O)C/C=C/C1CC(O)C(O)C(CO)O1.CCCCCCCCCCCCCCCCCCCCCCCCCCCCC(N)=O. The third-order valence-electron chi connectivity index (χ3n) is 13.1. The molecule has 8 nitrogen and oxygen atoms in total. The lowest BCUT2D eigenvalue weighted by Gasteiger charge is -2.35. The predicted molar refractivity (Wildman–Crippen MR) is 263 cm³/mol. The molecule has 1 amide bonds. The molecule has 0 saturated carbocycles. The number of nitrogens with two attached hydrogens (primary N) is 1. The van der Waals surface area contributed by atoms with Crippen molar-refractivity contribution in [3.8, 4) is 0 Å². The number of carbonyl (C=O) groups is 1. The number of hydrogen-bond acceptors (Lipinski definition) is 7. The topological polar surface area (TPSA) is 153 Å². The van der Waals surface area contributed by atoms with Crippen LogP contribution in [0.5, 0.6) is 0 Å². The van der Waals surface area contributed by atoms with Crippen molar-refractivity contribution in [3.63, 3.8) is 0 Å². The minimum Gasteiger partial charge on any atom is -0.394 e. The van der Waals surface area contributed by atoms with E-state index >= 15 is 0 Å². The quantitative estimate of drug-likeness (QED) is 0.0263. The molecular weight excluding hydrogens is 775 g/mol. The minimum absolute atomic E-state index is 0.149. The summed E-state index contributed by atoms with van der Waals surface area (Å²) >= 11 is 0. The average molecular weight is 882 g/mol. The summed E-state index contributed by atoms with van der Waals surface area (Å²) in [5.74, 6) is -0.149. The lowest BCUT2D eigenvalue weighted by Crippen LogP contribution is -2.49. The molecule has 1 heterocycles. The van der Waals surface area contributed by atoms with Crippen LogP contribution in [-0.2, 0) is 9.53 Å². The molecule has 370 valence electrons. The largest absolute Gasteiger partial charge is 0.394 e. The van der Waals surface area contributed by atoms with E-state index in [-0.39, 0.29) is 18.9 Å². The second-order valence-corrected chi connectivity index (χ2v) is 19.2. The van der Waals surface area contributed by atoms with E-state index in [1.54, 1.807) is 12.2 Å². The molecule has 0 bridgehead atoms. The van der Waals surface area contributed by atoms with Crippen molar-refractivity contribution in [3.05, 3.63) is 12.2 Å². The first-order chi connectivity index (χ1) is 30.3. The summed E-state index contributed by atoms with van der Waals surface area (Å²) in [6, 6.07) is 0. The van der Waals surface area contributed by atoms with Crippen LogP contribution in [0.1, 0.15) is 284 Å². The van der Waals surface area contributed by atoms with Gasteiger partial charge in [0.25, 0.3) is 0 Å².